The Morgan fingerprint density at radius 2 is 1.35 bits per heavy atom. The van der Waals surface area contributed by atoms with Crippen molar-refractivity contribution >= 4 is 5.97 Å². The summed E-state index contributed by atoms with van der Waals surface area (Å²) in [7, 11) is 3.21. The van der Waals surface area contributed by atoms with E-state index in [0.717, 1.165) is 18.8 Å². The van der Waals surface area contributed by atoms with Crippen LogP contribution < -0.4 is 0 Å². The van der Waals surface area contributed by atoms with Gasteiger partial charge in [-0.2, -0.15) is 0 Å². The van der Waals surface area contributed by atoms with Crippen molar-refractivity contribution in [2.45, 2.75) is 103 Å². The highest BCUT2D eigenvalue weighted by atomic mass is 16.6. The molecule has 0 aliphatic carbocycles. The van der Waals surface area contributed by atoms with Crippen LogP contribution in [-0.4, -0.2) is 39.5 Å². The Balaban J connectivity index is 3.29. The van der Waals surface area contributed by atoms with Crippen LogP contribution in [0.2, 0.25) is 0 Å². The van der Waals surface area contributed by atoms with E-state index < -0.39 is 0 Å². The van der Waals surface area contributed by atoms with Gasteiger partial charge in [0.2, 0.25) is 0 Å². The number of hydrogen-bond donors (Lipinski definition) is 0. The number of carbonyl (C=O) groups is 1. The summed E-state index contributed by atoms with van der Waals surface area (Å²) in [5, 5.41) is 0. The van der Waals surface area contributed by atoms with Gasteiger partial charge in [0.25, 0.3) is 0 Å². The molecule has 0 heterocycles. The SMILES string of the molecule is CCC(C)CCCCCCCCCCCCC(=O)OCC(COC)OC. The summed E-state index contributed by atoms with van der Waals surface area (Å²) in [5.74, 6) is 0.777. The van der Waals surface area contributed by atoms with Crippen molar-refractivity contribution in [1.82, 2.24) is 0 Å². The number of unbranched alkanes of at least 4 members (excludes halogenated alkanes) is 9. The van der Waals surface area contributed by atoms with E-state index in [9.17, 15) is 4.79 Å². The Kier molecular flexibility index (Phi) is 18.7. The highest BCUT2D eigenvalue weighted by Gasteiger charge is 2.10. The van der Waals surface area contributed by atoms with Gasteiger partial charge in [-0.25, -0.2) is 0 Å². The van der Waals surface area contributed by atoms with Crippen LogP contribution in [0.5, 0.6) is 0 Å². The van der Waals surface area contributed by atoms with E-state index >= 15 is 0 Å². The van der Waals surface area contributed by atoms with Gasteiger partial charge in [-0.1, -0.05) is 84.5 Å². The number of methoxy groups -OCH3 is 2. The van der Waals surface area contributed by atoms with Crippen LogP contribution in [0.4, 0.5) is 0 Å². The molecule has 0 spiro atoms. The van der Waals surface area contributed by atoms with Crippen molar-refractivity contribution in [3.63, 3.8) is 0 Å². The summed E-state index contributed by atoms with van der Waals surface area (Å²) in [4.78, 5) is 11.7. The molecule has 0 aromatic heterocycles. The highest BCUT2D eigenvalue weighted by Crippen LogP contribution is 2.15. The van der Waals surface area contributed by atoms with Gasteiger partial charge in [0.1, 0.15) is 12.7 Å². The topological polar surface area (TPSA) is 44.8 Å². The minimum atomic E-state index is -0.168. The Morgan fingerprint density at radius 1 is 0.808 bits per heavy atom. The molecule has 0 fully saturated rings. The molecule has 0 aromatic rings. The second-order valence-corrected chi connectivity index (χ2v) is 7.58. The van der Waals surface area contributed by atoms with Crippen molar-refractivity contribution in [2.24, 2.45) is 5.92 Å². The maximum absolute atomic E-state index is 11.7. The lowest BCUT2D eigenvalue weighted by molar-refractivity contribution is -0.148. The lowest BCUT2D eigenvalue weighted by atomic mass is 9.99. The second-order valence-electron chi connectivity index (χ2n) is 7.58. The van der Waals surface area contributed by atoms with Crippen LogP contribution in [-0.2, 0) is 19.0 Å². The summed E-state index contributed by atoms with van der Waals surface area (Å²) < 4.78 is 15.4. The van der Waals surface area contributed by atoms with Crippen molar-refractivity contribution in [3.05, 3.63) is 0 Å². The molecule has 4 nitrogen and oxygen atoms in total. The fraction of sp³-hybridized carbons (Fsp3) is 0.955. The van der Waals surface area contributed by atoms with E-state index in [1.807, 2.05) is 0 Å². The molecule has 0 N–H and O–H groups in total. The number of rotatable bonds is 19. The van der Waals surface area contributed by atoms with Crippen LogP contribution in [0.25, 0.3) is 0 Å². The predicted octanol–water partition coefficient (Wildman–Crippen LogP) is 5.92. The minimum Gasteiger partial charge on any atom is -0.463 e. The van der Waals surface area contributed by atoms with Gasteiger partial charge in [0.05, 0.1) is 6.61 Å². The molecule has 0 saturated heterocycles. The molecule has 0 aromatic carbocycles. The molecule has 0 bridgehead atoms. The third-order valence-electron chi connectivity index (χ3n) is 5.14. The van der Waals surface area contributed by atoms with Crippen molar-refractivity contribution in [3.8, 4) is 0 Å². The van der Waals surface area contributed by atoms with Crippen molar-refractivity contribution < 1.29 is 19.0 Å². The molecule has 4 heteroatoms. The van der Waals surface area contributed by atoms with E-state index in [2.05, 4.69) is 13.8 Å². The van der Waals surface area contributed by atoms with Crippen LogP contribution in [0, 0.1) is 5.92 Å². The molecule has 0 radical (unpaired) electrons. The lowest BCUT2D eigenvalue weighted by Crippen LogP contribution is -2.25. The molecule has 0 aliphatic heterocycles. The van der Waals surface area contributed by atoms with E-state index in [1.54, 1.807) is 14.2 Å². The van der Waals surface area contributed by atoms with Crippen molar-refractivity contribution in [2.75, 3.05) is 27.4 Å². The predicted molar refractivity (Wildman–Crippen MR) is 108 cm³/mol. The molecule has 26 heavy (non-hydrogen) atoms. The Hall–Kier alpha value is -0.610. The van der Waals surface area contributed by atoms with Gasteiger partial charge in [-0.15, -0.1) is 0 Å². The van der Waals surface area contributed by atoms with Crippen LogP contribution in [0.15, 0.2) is 0 Å². The molecule has 156 valence electrons. The zero-order chi connectivity index (χ0) is 19.5. The quantitative estimate of drug-likeness (QED) is 0.209. The van der Waals surface area contributed by atoms with Gasteiger partial charge in [-0.3, -0.25) is 4.79 Å². The smallest absolute Gasteiger partial charge is 0.305 e. The van der Waals surface area contributed by atoms with Crippen molar-refractivity contribution in [1.29, 1.82) is 0 Å². The monoisotopic (exact) mass is 372 g/mol. The first-order valence-electron chi connectivity index (χ1n) is 10.8. The van der Waals surface area contributed by atoms with E-state index in [0.29, 0.717) is 13.0 Å². The third-order valence-corrected chi connectivity index (χ3v) is 5.14. The van der Waals surface area contributed by atoms with E-state index in [4.69, 9.17) is 14.2 Å². The first-order chi connectivity index (χ1) is 12.6. The Bertz CT molecular complexity index is 307. The van der Waals surface area contributed by atoms with E-state index in [-0.39, 0.29) is 18.7 Å². The maximum atomic E-state index is 11.7. The Morgan fingerprint density at radius 3 is 1.85 bits per heavy atom. The standard InChI is InChI=1S/C22H44O4/c1-5-20(2)16-14-12-10-8-6-7-9-11-13-15-17-22(23)26-19-21(25-4)18-24-3/h20-21H,5-19H2,1-4H3. The summed E-state index contributed by atoms with van der Waals surface area (Å²) in [6, 6.07) is 0. The normalized spacial score (nSPS) is 13.5. The fourth-order valence-corrected chi connectivity index (χ4v) is 3.01. The molecule has 2 unspecified atom stereocenters. The summed E-state index contributed by atoms with van der Waals surface area (Å²) in [6.07, 6.45) is 15.9. The number of ether oxygens (including phenoxy) is 3. The first-order valence-corrected chi connectivity index (χ1v) is 10.8. The molecule has 0 amide bonds. The second kappa shape index (κ2) is 19.2. The molecule has 0 saturated carbocycles. The highest BCUT2D eigenvalue weighted by molar-refractivity contribution is 5.69. The number of hydrogen-bond acceptors (Lipinski definition) is 4. The maximum Gasteiger partial charge on any atom is 0.305 e. The van der Waals surface area contributed by atoms with Crippen LogP contribution in [0.3, 0.4) is 0 Å². The largest absolute Gasteiger partial charge is 0.463 e. The van der Waals surface area contributed by atoms with E-state index in [1.165, 1.54) is 64.2 Å². The molecular weight excluding hydrogens is 328 g/mol. The molecule has 0 rings (SSSR count). The van der Waals surface area contributed by atoms with Crippen LogP contribution in [0.1, 0.15) is 97.3 Å². The zero-order valence-electron chi connectivity index (χ0n) is 17.9. The number of esters is 1. The fourth-order valence-electron chi connectivity index (χ4n) is 3.01. The van der Waals surface area contributed by atoms with Gasteiger partial charge in [-0.05, 0) is 12.3 Å². The lowest BCUT2D eigenvalue weighted by Gasteiger charge is -2.14. The Labute approximate surface area is 162 Å². The number of carbonyl (C=O) groups excluding carboxylic acids is 1. The molecular formula is C22H44O4. The zero-order valence-corrected chi connectivity index (χ0v) is 17.9. The van der Waals surface area contributed by atoms with Gasteiger partial charge < -0.3 is 14.2 Å². The summed E-state index contributed by atoms with van der Waals surface area (Å²) in [6.45, 7) is 5.37. The average Bonchev–Trinajstić information content (AvgIpc) is 2.65. The van der Waals surface area contributed by atoms with Gasteiger partial charge in [0.15, 0.2) is 0 Å². The van der Waals surface area contributed by atoms with Gasteiger partial charge >= 0.3 is 5.97 Å². The van der Waals surface area contributed by atoms with Crippen LogP contribution >= 0.6 is 0 Å². The minimum absolute atomic E-state index is 0.124. The summed E-state index contributed by atoms with van der Waals surface area (Å²) in [5.41, 5.74) is 0. The third kappa shape index (κ3) is 16.8. The first kappa shape index (κ1) is 25.4. The molecule has 2 atom stereocenters. The summed E-state index contributed by atoms with van der Waals surface area (Å²) >= 11 is 0. The average molecular weight is 373 g/mol. The van der Waals surface area contributed by atoms with Gasteiger partial charge in [0, 0.05) is 20.6 Å². The molecule has 0 aliphatic rings.